The predicted molar refractivity (Wildman–Crippen MR) is 67.5 cm³/mol. The SMILES string of the molecule is C#CCN1CCC(NCCCC(=O)OC)CC1. The zero-order valence-corrected chi connectivity index (χ0v) is 10.6. The van der Waals surface area contributed by atoms with Gasteiger partial charge in [-0.2, -0.15) is 0 Å². The topological polar surface area (TPSA) is 41.6 Å². The molecule has 0 saturated carbocycles. The fraction of sp³-hybridized carbons (Fsp3) is 0.769. The fourth-order valence-corrected chi connectivity index (χ4v) is 2.07. The van der Waals surface area contributed by atoms with Crippen molar-refractivity contribution in [2.45, 2.75) is 31.7 Å². The minimum absolute atomic E-state index is 0.129. The van der Waals surface area contributed by atoms with E-state index in [-0.39, 0.29) is 5.97 Å². The van der Waals surface area contributed by atoms with Crippen molar-refractivity contribution < 1.29 is 9.53 Å². The Kier molecular flexibility index (Phi) is 6.68. The average molecular weight is 238 g/mol. The molecule has 1 saturated heterocycles. The third-order valence-corrected chi connectivity index (χ3v) is 3.12. The van der Waals surface area contributed by atoms with Gasteiger partial charge in [-0.15, -0.1) is 6.42 Å². The van der Waals surface area contributed by atoms with Crippen LogP contribution in [0.3, 0.4) is 0 Å². The first-order valence-corrected chi connectivity index (χ1v) is 6.22. The first kappa shape index (κ1) is 14.0. The van der Waals surface area contributed by atoms with Crippen LogP contribution in [-0.4, -0.2) is 50.2 Å². The highest BCUT2D eigenvalue weighted by Gasteiger charge is 2.17. The number of likely N-dealkylation sites (tertiary alicyclic amines) is 1. The summed E-state index contributed by atoms with van der Waals surface area (Å²) in [6, 6.07) is 0.571. The van der Waals surface area contributed by atoms with Crippen molar-refractivity contribution >= 4 is 5.97 Å². The number of piperidine rings is 1. The minimum Gasteiger partial charge on any atom is -0.469 e. The summed E-state index contributed by atoms with van der Waals surface area (Å²) in [5.41, 5.74) is 0. The van der Waals surface area contributed by atoms with E-state index in [1.54, 1.807) is 0 Å². The number of carbonyl (C=O) groups excluding carboxylic acids is 1. The summed E-state index contributed by atoms with van der Waals surface area (Å²) in [6.45, 7) is 3.78. The van der Waals surface area contributed by atoms with Gasteiger partial charge < -0.3 is 10.1 Å². The van der Waals surface area contributed by atoms with Crippen molar-refractivity contribution in [3.8, 4) is 12.3 Å². The van der Waals surface area contributed by atoms with Gasteiger partial charge in [-0.1, -0.05) is 5.92 Å². The lowest BCUT2D eigenvalue weighted by molar-refractivity contribution is -0.140. The Bertz CT molecular complexity index is 265. The number of hydrogen-bond donors (Lipinski definition) is 1. The lowest BCUT2D eigenvalue weighted by Gasteiger charge is -2.31. The second kappa shape index (κ2) is 8.10. The van der Waals surface area contributed by atoms with Crippen LogP contribution in [0, 0.1) is 12.3 Å². The molecule has 1 aliphatic rings. The number of ether oxygens (including phenoxy) is 1. The van der Waals surface area contributed by atoms with Gasteiger partial charge >= 0.3 is 5.97 Å². The summed E-state index contributed by atoms with van der Waals surface area (Å²) in [4.78, 5) is 13.2. The molecule has 96 valence electrons. The summed E-state index contributed by atoms with van der Waals surface area (Å²) < 4.78 is 4.59. The first-order chi connectivity index (χ1) is 8.26. The molecule has 0 radical (unpaired) electrons. The molecule has 0 spiro atoms. The van der Waals surface area contributed by atoms with Crippen molar-refractivity contribution in [1.29, 1.82) is 0 Å². The zero-order chi connectivity index (χ0) is 12.5. The quantitative estimate of drug-likeness (QED) is 0.418. The van der Waals surface area contributed by atoms with Crippen molar-refractivity contribution in [3.05, 3.63) is 0 Å². The standard InChI is InChI=1S/C13H22N2O2/c1-3-9-15-10-6-12(7-11-15)14-8-4-5-13(16)17-2/h1,12,14H,4-11H2,2H3. The van der Waals surface area contributed by atoms with Crippen molar-refractivity contribution in [2.24, 2.45) is 0 Å². The number of terminal acetylenes is 1. The van der Waals surface area contributed by atoms with Crippen LogP contribution in [0.5, 0.6) is 0 Å². The molecule has 1 aliphatic heterocycles. The third-order valence-electron chi connectivity index (χ3n) is 3.12. The molecular weight excluding hydrogens is 216 g/mol. The van der Waals surface area contributed by atoms with Gasteiger partial charge in [-0.3, -0.25) is 9.69 Å². The Balaban J connectivity index is 2.03. The second-order valence-corrected chi connectivity index (χ2v) is 4.39. The molecule has 0 amide bonds. The number of methoxy groups -OCH3 is 1. The molecule has 0 unspecified atom stereocenters. The maximum atomic E-state index is 10.9. The number of esters is 1. The second-order valence-electron chi connectivity index (χ2n) is 4.39. The third kappa shape index (κ3) is 5.71. The van der Waals surface area contributed by atoms with E-state index in [1.807, 2.05) is 0 Å². The normalized spacial score (nSPS) is 17.6. The lowest BCUT2D eigenvalue weighted by atomic mass is 10.0. The van der Waals surface area contributed by atoms with Crippen LogP contribution in [0.25, 0.3) is 0 Å². The van der Waals surface area contributed by atoms with E-state index < -0.39 is 0 Å². The Morgan fingerprint density at radius 3 is 2.82 bits per heavy atom. The molecule has 0 aromatic rings. The van der Waals surface area contributed by atoms with E-state index in [0.29, 0.717) is 12.5 Å². The summed E-state index contributed by atoms with van der Waals surface area (Å²) in [6.07, 6.45) is 8.90. The van der Waals surface area contributed by atoms with Crippen LogP contribution in [0.1, 0.15) is 25.7 Å². The number of nitrogens with zero attached hydrogens (tertiary/aromatic N) is 1. The molecule has 0 atom stereocenters. The fourth-order valence-electron chi connectivity index (χ4n) is 2.07. The van der Waals surface area contributed by atoms with Gasteiger partial charge in [-0.05, 0) is 25.8 Å². The molecule has 1 rings (SSSR count). The van der Waals surface area contributed by atoms with Gasteiger partial charge in [0.1, 0.15) is 0 Å². The summed E-state index contributed by atoms with van der Waals surface area (Å²) in [5, 5.41) is 3.48. The summed E-state index contributed by atoms with van der Waals surface area (Å²) >= 11 is 0. The molecule has 4 nitrogen and oxygen atoms in total. The molecule has 17 heavy (non-hydrogen) atoms. The van der Waals surface area contributed by atoms with Crippen LogP contribution in [0.4, 0.5) is 0 Å². The van der Waals surface area contributed by atoms with Gasteiger partial charge in [0, 0.05) is 25.6 Å². The molecule has 4 heteroatoms. The van der Waals surface area contributed by atoms with E-state index in [1.165, 1.54) is 7.11 Å². The largest absolute Gasteiger partial charge is 0.469 e. The molecule has 1 fully saturated rings. The molecule has 1 N–H and O–H groups in total. The molecule has 0 aliphatic carbocycles. The molecule has 0 aromatic carbocycles. The monoisotopic (exact) mass is 238 g/mol. The Morgan fingerprint density at radius 2 is 2.24 bits per heavy atom. The van der Waals surface area contributed by atoms with Crippen molar-refractivity contribution in [2.75, 3.05) is 33.3 Å². The van der Waals surface area contributed by atoms with Crippen LogP contribution in [0.2, 0.25) is 0 Å². The Morgan fingerprint density at radius 1 is 1.53 bits per heavy atom. The number of rotatable bonds is 6. The number of hydrogen-bond acceptors (Lipinski definition) is 4. The highest BCUT2D eigenvalue weighted by atomic mass is 16.5. The molecular formula is C13H22N2O2. The van der Waals surface area contributed by atoms with Crippen molar-refractivity contribution in [3.63, 3.8) is 0 Å². The van der Waals surface area contributed by atoms with Gasteiger partial charge in [0.2, 0.25) is 0 Å². The van der Waals surface area contributed by atoms with Gasteiger partial charge in [-0.25, -0.2) is 0 Å². The molecule has 0 bridgehead atoms. The van der Waals surface area contributed by atoms with E-state index in [2.05, 4.69) is 20.9 Å². The Labute approximate surface area is 104 Å². The summed E-state index contributed by atoms with van der Waals surface area (Å²) in [5.74, 6) is 2.55. The van der Waals surface area contributed by atoms with Gasteiger partial charge in [0.15, 0.2) is 0 Å². The minimum atomic E-state index is -0.129. The molecule has 1 heterocycles. The van der Waals surface area contributed by atoms with E-state index in [4.69, 9.17) is 6.42 Å². The first-order valence-electron chi connectivity index (χ1n) is 6.22. The van der Waals surface area contributed by atoms with Crippen LogP contribution >= 0.6 is 0 Å². The maximum Gasteiger partial charge on any atom is 0.305 e. The Hall–Kier alpha value is -1.05. The summed E-state index contributed by atoms with van der Waals surface area (Å²) in [7, 11) is 1.43. The smallest absolute Gasteiger partial charge is 0.305 e. The maximum absolute atomic E-state index is 10.9. The van der Waals surface area contributed by atoms with E-state index >= 15 is 0 Å². The molecule has 0 aromatic heterocycles. The highest BCUT2D eigenvalue weighted by molar-refractivity contribution is 5.69. The van der Waals surface area contributed by atoms with Gasteiger partial charge in [0.25, 0.3) is 0 Å². The van der Waals surface area contributed by atoms with Crippen molar-refractivity contribution in [1.82, 2.24) is 10.2 Å². The highest BCUT2D eigenvalue weighted by Crippen LogP contribution is 2.09. The number of nitrogens with one attached hydrogen (secondary N) is 1. The number of carbonyl (C=O) groups is 1. The van der Waals surface area contributed by atoms with Crippen LogP contribution < -0.4 is 5.32 Å². The van der Waals surface area contributed by atoms with Crippen LogP contribution in [-0.2, 0) is 9.53 Å². The van der Waals surface area contributed by atoms with E-state index in [0.717, 1.165) is 45.4 Å². The predicted octanol–water partition coefficient (Wildman–Crippen LogP) is 0.627. The van der Waals surface area contributed by atoms with E-state index in [9.17, 15) is 4.79 Å². The van der Waals surface area contributed by atoms with Gasteiger partial charge in [0.05, 0.1) is 13.7 Å². The average Bonchev–Trinajstić information content (AvgIpc) is 2.36. The van der Waals surface area contributed by atoms with Crippen LogP contribution in [0.15, 0.2) is 0 Å². The lowest BCUT2D eigenvalue weighted by Crippen LogP contribution is -2.42. The zero-order valence-electron chi connectivity index (χ0n) is 10.6.